The minimum absolute atomic E-state index is 0.742. The van der Waals surface area contributed by atoms with Gasteiger partial charge in [0, 0.05) is 51.0 Å². The summed E-state index contributed by atoms with van der Waals surface area (Å²) in [4.78, 5) is 7.74. The molecule has 2 fully saturated rings. The molecule has 4 heteroatoms. The van der Waals surface area contributed by atoms with Gasteiger partial charge in [0.05, 0.1) is 13.2 Å². The van der Waals surface area contributed by atoms with E-state index in [2.05, 4.69) is 39.9 Å². The van der Waals surface area contributed by atoms with Gasteiger partial charge in [0.15, 0.2) is 0 Å². The van der Waals surface area contributed by atoms with E-state index in [9.17, 15) is 0 Å². The van der Waals surface area contributed by atoms with Crippen molar-refractivity contribution in [2.24, 2.45) is 0 Å². The second-order valence-corrected chi connectivity index (χ2v) is 7.96. The summed E-state index contributed by atoms with van der Waals surface area (Å²) in [5, 5.41) is 0. The predicted molar refractivity (Wildman–Crippen MR) is 104 cm³/mol. The summed E-state index contributed by atoms with van der Waals surface area (Å²) in [5.41, 5.74) is 4.64. The molecule has 3 aliphatic rings. The zero-order chi connectivity index (χ0) is 17.1. The number of fused-ring (bicyclic) bond motifs is 1. The van der Waals surface area contributed by atoms with Crippen LogP contribution in [-0.4, -0.2) is 75.4 Å². The van der Waals surface area contributed by atoms with E-state index in [1.54, 1.807) is 11.1 Å². The first-order chi connectivity index (χ1) is 12.3. The Hall–Kier alpha value is -1.10. The molecule has 0 amide bonds. The van der Waals surface area contributed by atoms with Crippen LogP contribution in [0.25, 0.3) is 0 Å². The summed E-state index contributed by atoms with van der Waals surface area (Å²) in [6, 6.07) is 7.93. The van der Waals surface area contributed by atoms with E-state index in [0.717, 1.165) is 32.3 Å². The SMILES string of the molecule is CN(CCN1CCOCC1)C1CCN(c2ccc3c(c2)CCC3)CC1. The molecule has 1 aromatic rings. The first kappa shape index (κ1) is 17.3. The minimum Gasteiger partial charge on any atom is -0.379 e. The fourth-order valence-electron chi connectivity index (χ4n) is 4.63. The standard InChI is InChI=1S/C21H33N3O/c1-22(11-12-23-13-15-25-16-14-23)20-7-9-24(10-8-20)21-6-5-18-3-2-4-19(18)17-21/h5-6,17,20H,2-4,7-16H2,1H3. The molecule has 0 bridgehead atoms. The average molecular weight is 344 g/mol. The molecular formula is C21H33N3O. The fraction of sp³-hybridized carbons (Fsp3) is 0.714. The Bertz CT molecular complexity index is 562. The number of hydrogen-bond donors (Lipinski definition) is 0. The summed E-state index contributed by atoms with van der Waals surface area (Å²) >= 11 is 0. The van der Waals surface area contributed by atoms with Crippen LogP contribution in [-0.2, 0) is 17.6 Å². The van der Waals surface area contributed by atoms with E-state index >= 15 is 0 Å². The Morgan fingerprint density at radius 2 is 1.80 bits per heavy atom. The topological polar surface area (TPSA) is 19.0 Å². The van der Waals surface area contributed by atoms with Gasteiger partial charge >= 0.3 is 0 Å². The van der Waals surface area contributed by atoms with Crippen molar-refractivity contribution >= 4 is 5.69 Å². The van der Waals surface area contributed by atoms with Crippen LogP contribution in [0.15, 0.2) is 18.2 Å². The third kappa shape index (κ3) is 4.18. The van der Waals surface area contributed by atoms with Crippen molar-refractivity contribution in [2.75, 3.05) is 64.4 Å². The highest BCUT2D eigenvalue weighted by Gasteiger charge is 2.24. The number of morpholine rings is 1. The number of nitrogens with zero attached hydrogens (tertiary/aromatic N) is 3. The van der Waals surface area contributed by atoms with Crippen LogP contribution in [0.4, 0.5) is 5.69 Å². The Labute approximate surface area is 152 Å². The number of benzene rings is 1. The summed E-state index contributed by atoms with van der Waals surface area (Å²) in [6.07, 6.45) is 6.48. The normalized spacial score (nSPS) is 22.6. The molecule has 1 aliphatic carbocycles. The maximum atomic E-state index is 5.44. The molecular weight excluding hydrogens is 310 g/mol. The Kier molecular flexibility index (Phi) is 5.59. The van der Waals surface area contributed by atoms with Crippen molar-refractivity contribution in [1.82, 2.24) is 9.80 Å². The van der Waals surface area contributed by atoms with E-state index in [-0.39, 0.29) is 0 Å². The first-order valence-electron chi connectivity index (χ1n) is 10.2. The number of ether oxygens (including phenoxy) is 1. The second-order valence-electron chi connectivity index (χ2n) is 7.96. The van der Waals surface area contributed by atoms with Crippen molar-refractivity contribution < 1.29 is 4.74 Å². The van der Waals surface area contributed by atoms with Crippen LogP contribution in [0.2, 0.25) is 0 Å². The highest BCUT2D eigenvalue weighted by atomic mass is 16.5. The van der Waals surface area contributed by atoms with Crippen molar-refractivity contribution in [2.45, 2.75) is 38.1 Å². The van der Waals surface area contributed by atoms with Crippen molar-refractivity contribution in [3.63, 3.8) is 0 Å². The van der Waals surface area contributed by atoms with Gasteiger partial charge in [-0.2, -0.15) is 0 Å². The van der Waals surface area contributed by atoms with Gasteiger partial charge in [0.1, 0.15) is 0 Å². The van der Waals surface area contributed by atoms with Crippen LogP contribution in [0.3, 0.4) is 0 Å². The summed E-state index contributed by atoms with van der Waals surface area (Å²) in [7, 11) is 2.32. The molecule has 0 spiro atoms. The quantitative estimate of drug-likeness (QED) is 0.817. The lowest BCUT2D eigenvalue weighted by Gasteiger charge is -2.39. The molecule has 2 aliphatic heterocycles. The number of piperidine rings is 1. The van der Waals surface area contributed by atoms with E-state index in [1.807, 2.05) is 0 Å². The molecule has 0 N–H and O–H groups in total. The van der Waals surface area contributed by atoms with Crippen LogP contribution in [0.5, 0.6) is 0 Å². The third-order valence-corrected chi connectivity index (χ3v) is 6.41. The van der Waals surface area contributed by atoms with Crippen molar-refractivity contribution in [3.05, 3.63) is 29.3 Å². The first-order valence-corrected chi connectivity index (χ1v) is 10.2. The highest BCUT2D eigenvalue weighted by molar-refractivity contribution is 5.52. The van der Waals surface area contributed by atoms with Crippen LogP contribution in [0, 0.1) is 0 Å². The largest absolute Gasteiger partial charge is 0.379 e. The molecule has 0 unspecified atom stereocenters. The Morgan fingerprint density at radius 3 is 2.60 bits per heavy atom. The Balaban J connectivity index is 1.25. The average Bonchev–Trinajstić information content (AvgIpc) is 3.15. The maximum Gasteiger partial charge on any atom is 0.0594 e. The molecule has 0 radical (unpaired) electrons. The van der Waals surface area contributed by atoms with Gasteiger partial charge in [-0.05, 0) is 62.4 Å². The molecule has 4 nitrogen and oxygen atoms in total. The molecule has 0 aromatic heterocycles. The predicted octanol–water partition coefficient (Wildman–Crippen LogP) is 2.41. The minimum atomic E-state index is 0.742. The lowest BCUT2D eigenvalue weighted by Crippen LogP contribution is -2.47. The van der Waals surface area contributed by atoms with Crippen molar-refractivity contribution in [1.29, 1.82) is 0 Å². The molecule has 2 heterocycles. The monoisotopic (exact) mass is 343 g/mol. The summed E-state index contributed by atoms with van der Waals surface area (Å²) in [5.74, 6) is 0. The molecule has 4 rings (SSSR count). The summed E-state index contributed by atoms with van der Waals surface area (Å²) < 4.78 is 5.44. The maximum absolute atomic E-state index is 5.44. The van der Waals surface area contributed by atoms with E-state index < -0.39 is 0 Å². The zero-order valence-corrected chi connectivity index (χ0v) is 15.8. The van der Waals surface area contributed by atoms with Gasteiger partial charge in [-0.25, -0.2) is 0 Å². The zero-order valence-electron chi connectivity index (χ0n) is 15.8. The van der Waals surface area contributed by atoms with E-state index in [4.69, 9.17) is 4.74 Å². The van der Waals surface area contributed by atoms with Crippen LogP contribution >= 0.6 is 0 Å². The number of anilines is 1. The van der Waals surface area contributed by atoms with Gasteiger partial charge < -0.3 is 14.5 Å². The fourth-order valence-corrected chi connectivity index (χ4v) is 4.63. The van der Waals surface area contributed by atoms with Gasteiger partial charge in [-0.1, -0.05) is 6.07 Å². The molecule has 0 atom stereocenters. The van der Waals surface area contributed by atoms with Gasteiger partial charge in [-0.15, -0.1) is 0 Å². The van der Waals surface area contributed by atoms with Gasteiger partial charge in [0.25, 0.3) is 0 Å². The van der Waals surface area contributed by atoms with E-state index in [1.165, 1.54) is 64.0 Å². The highest BCUT2D eigenvalue weighted by Crippen LogP contribution is 2.29. The Morgan fingerprint density at radius 1 is 1.04 bits per heavy atom. The van der Waals surface area contributed by atoms with E-state index in [0.29, 0.717) is 0 Å². The van der Waals surface area contributed by atoms with Crippen LogP contribution in [0.1, 0.15) is 30.4 Å². The molecule has 0 saturated carbocycles. The lowest BCUT2D eigenvalue weighted by molar-refractivity contribution is 0.0320. The van der Waals surface area contributed by atoms with Gasteiger partial charge in [0.2, 0.25) is 0 Å². The van der Waals surface area contributed by atoms with Gasteiger partial charge in [-0.3, -0.25) is 4.90 Å². The smallest absolute Gasteiger partial charge is 0.0594 e. The molecule has 2 saturated heterocycles. The lowest BCUT2D eigenvalue weighted by atomic mass is 10.0. The number of hydrogen-bond acceptors (Lipinski definition) is 4. The third-order valence-electron chi connectivity index (χ3n) is 6.41. The number of likely N-dealkylation sites (N-methyl/N-ethyl adjacent to an activating group) is 1. The van der Waals surface area contributed by atoms with Crippen LogP contribution < -0.4 is 4.90 Å². The molecule has 25 heavy (non-hydrogen) atoms. The second kappa shape index (κ2) is 8.07. The molecule has 1 aromatic carbocycles. The summed E-state index contributed by atoms with van der Waals surface area (Å²) in [6.45, 7) is 8.78. The number of rotatable bonds is 5. The molecule has 138 valence electrons. The van der Waals surface area contributed by atoms with Crippen molar-refractivity contribution in [3.8, 4) is 0 Å². The number of aryl methyl sites for hydroxylation is 2.